The van der Waals surface area contributed by atoms with Crippen LogP contribution in [0.4, 0.5) is 5.13 Å². The monoisotopic (exact) mass is 299 g/mol. The van der Waals surface area contributed by atoms with Crippen LogP contribution in [0.5, 0.6) is 0 Å². The summed E-state index contributed by atoms with van der Waals surface area (Å²) in [5.41, 5.74) is 3.19. The van der Waals surface area contributed by atoms with Crippen LogP contribution in [0.3, 0.4) is 0 Å². The van der Waals surface area contributed by atoms with Gasteiger partial charge in [-0.3, -0.25) is 4.98 Å². The first-order valence-electron chi connectivity index (χ1n) is 7.22. The fourth-order valence-corrected chi connectivity index (χ4v) is 4.18. The van der Waals surface area contributed by atoms with Crippen molar-refractivity contribution in [3.8, 4) is 0 Å². The number of hydrogen-bond donors (Lipinski definition) is 0. The van der Waals surface area contributed by atoms with Crippen molar-refractivity contribution in [2.75, 3.05) is 11.4 Å². The van der Waals surface area contributed by atoms with Crippen molar-refractivity contribution in [2.24, 2.45) is 7.05 Å². The van der Waals surface area contributed by atoms with Crippen LogP contribution in [0.2, 0.25) is 0 Å². The molecule has 0 bridgehead atoms. The summed E-state index contributed by atoms with van der Waals surface area (Å²) in [6.07, 6.45) is 4.21. The number of rotatable bonds is 2. The van der Waals surface area contributed by atoms with E-state index in [2.05, 4.69) is 27.1 Å². The molecule has 1 saturated heterocycles. The third-order valence-electron chi connectivity index (χ3n) is 4.06. The predicted molar refractivity (Wildman–Crippen MR) is 84.7 cm³/mol. The van der Waals surface area contributed by atoms with Crippen molar-refractivity contribution in [1.29, 1.82) is 0 Å². The summed E-state index contributed by atoms with van der Waals surface area (Å²) in [7, 11) is 1.96. The van der Waals surface area contributed by atoms with Crippen molar-refractivity contribution in [3.63, 3.8) is 0 Å². The lowest BCUT2D eigenvalue weighted by Crippen LogP contribution is -2.23. The highest BCUT2D eigenvalue weighted by atomic mass is 32.1. The van der Waals surface area contributed by atoms with Gasteiger partial charge in [-0.2, -0.15) is 5.10 Å². The van der Waals surface area contributed by atoms with Gasteiger partial charge >= 0.3 is 0 Å². The van der Waals surface area contributed by atoms with Crippen LogP contribution in [0.25, 0.3) is 10.3 Å². The molecule has 3 aromatic rings. The fraction of sp³-hybridized carbons (Fsp3) is 0.400. The lowest BCUT2D eigenvalue weighted by molar-refractivity contribution is 0.692. The smallest absolute Gasteiger partial charge is 0.188 e. The van der Waals surface area contributed by atoms with Gasteiger partial charge in [0.05, 0.1) is 22.1 Å². The number of nitrogens with zero attached hydrogens (tertiary/aromatic N) is 5. The molecule has 4 heterocycles. The second-order valence-electron chi connectivity index (χ2n) is 5.46. The van der Waals surface area contributed by atoms with E-state index in [4.69, 9.17) is 4.98 Å². The molecule has 0 N–H and O–H groups in total. The van der Waals surface area contributed by atoms with E-state index in [0.717, 1.165) is 35.1 Å². The number of anilines is 1. The molecule has 1 aliphatic rings. The molecule has 108 valence electrons. The normalized spacial score (nSPS) is 18.8. The highest BCUT2D eigenvalue weighted by Crippen LogP contribution is 2.39. The van der Waals surface area contributed by atoms with E-state index in [9.17, 15) is 0 Å². The molecule has 0 aliphatic carbocycles. The molecule has 5 nitrogen and oxygen atoms in total. The first kappa shape index (κ1) is 12.8. The summed E-state index contributed by atoms with van der Waals surface area (Å²) in [4.78, 5) is 11.7. The van der Waals surface area contributed by atoms with Gasteiger partial charge in [0, 0.05) is 19.8 Å². The van der Waals surface area contributed by atoms with Gasteiger partial charge in [-0.15, -0.1) is 0 Å². The Labute approximate surface area is 127 Å². The largest absolute Gasteiger partial charge is 0.339 e. The van der Waals surface area contributed by atoms with Crippen LogP contribution in [-0.4, -0.2) is 26.3 Å². The van der Waals surface area contributed by atoms with Crippen molar-refractivity contribution in [3.05, 3.63) is 35.8 Å². The van der Waals surface area contributed by atoms with Crippen LogP contribution in [0, 0.1) is 6.92 Å². The van der Waals surface area contributed by atoms with E-state index in [-0.39, 0.29) is 0 Å². The molecule has 21 heavy (non-hydrogen) atoms. The summed E-state index contributed by atoms with van der Waals surface area (Å²) >= 11 is 1.74. The van der Waals surface area contributed by atoms with Crippen molar-refractivity contribution >= 4 is 26.8 Å². The topological polar surface area (TPSA) is 46.8 Å². The van der Waals surface area contributed by atoms with Crippen molar-refractivity contribution < 1.29 is 0 Å². The second kappa shape index (κ2) is 4.80. The predicted octanol–water partition coefficient (Wildman–Crippen LogP) is 3.07. The Morgan fingerprint density at radius 3 is 3.00 bits per heavy atom. The second-order valence-corrected chi connectivity index (χ2v) is 6.44. The van der Waals surface area contributed by atoms with E-state index in [1.165, 1.54) is 11.1 Å². The molecule has 0 unspecified atom stereocenters. The first-order chi connectivity index (χ1) is 10.2. The molecule has 4 rings (SSSR count). The van der Waals surface area contributed by atoms with E-state index < -0.39 is 0 Å². The minimum absolute atomic E-state index is 0.347. The maximum Gasteiger partial charge on any atom is 0.188 e. The van der Waals surface area contributed by atoms with E-state index in [1.807, 2.05) is 30.9 Å². The molecule has 0 radical (unpaired) electrons. The van der Waals surface area contributed by atoms with Crippen LogP contribution >= 0.6 is 11.3 Å². The van der Waals surface area contributed by atoms with Gasteiger partial charge < -0.3 is 4.90 Å². The molecule has 1 fully saturated rings. The summed E-state index contributed by atoms with van der Waals surface area (Å²) in [6.45, 7) is 3.10. The average Bonchev–Trinajstić information content (AvgIpc) is 3.18. The average molecular weight is 299 g/mol. The zero-order valence-electron chi connectivity index (χ0n) is 12.2. The van der Waals surface area contributed by atoms with Gasteiger partial charge in [0.2, 0.25) is 0 Å². The van der Waals surface area contributed by atoms with Gasteiger partial charge in [-0.05, 0) is 31.9 Å². The quantitative estimate of drug-likeness (QED) is 0.729. The number of pyridine rings is 1. The molecule has 0 amide bonds. The summed E-state index contributed by atoms with van der Waals surface area (Å²) in [6, 6.07) is 6.49. The highest BCUT2D eigenvalue weighted by molar-refractivity contribution is 7.22. The van der Waals surface area contributed by atoms with Crippen LogP contribution in [0.1, 0.15) is 30.3 Å². The zero-order valence-corrected chi connectivity index (χ0v) is 13.0. The number of fused-ring (bicyclic) bond motifs is 1. The molecule has 3 aromatic heterocycles. The van der Waals surface area contributed by atoms with Crippen molar-refractivity contribution in [1.82, 2.24) is 19.7 Å². The SMILES string of the molecule is Cc1nn(C)c2nc(N3CCC[C@H]3c3ccccn3)sc12. The highest BCUT2D eigenvalue weighted by Gasteiger charge is 2.30. The Kier molecular flexibility index (Phi) is 2.92. The lowest BCUT2D eigenvalue weighted by atomic mass is 10.1. The number of thiazole rings is 1. The molecule has 0 aromatic carbocycles. The minimum atomic E-state index is 0.347. The molecule has 1 atom stereocenters. The van der Waals surface area contributed by atoms with Gasteiger partial charge in [0.15, 0.2) is 10.8 Å². The summed E-state index contributed by atoms with van der Waals surface area (Å²) in [5, 5.41) is 5.52. The minimum Gasteiger partial charge on any atom is -0.339 e. The molecular formula is C15H17N5S. The van der Waals surface area contributed by atoms with Crippen LogP contribution < -0.4 is 4.90 Å². The standard InChI is InChI=1S/C15H17N5S/c1-10-13-14(19(2)18-10)17-15(21-13)20-9-5-7-12(20)11-6-3-4-8-16-11/h3-4,6,8,12H,5,7,9H2,1-2H3/t12-/m0/s1. The number of aryl methyl sites for hydroxylation is 2. The molecule has 1 aliphatic heterocycles. The van der Waals surface area contributed by atoms with Crippen molar-refractivity contribution in [2.45, 2.75) is 25.8 Å². The fourth-order valence-electron chi connectivity index (χ4n) is 3.07. The van der Waals surface area contributed by atoms with Gasteiger partial charge in [0.1, 0.15) is 0 Å². The zero-order chi connectivity index (χ0) is 14.4. The number of aromatic nitrogens is 4. The Hall–Kier alpha value is -1.95. The number of hydrogen-bond acceptors (Lipinski definition) is 5. The van der Waals surface area contributed by atoms with Gasteiger partial charge in [0.25, 0.3) is 0 Å². The first-order valence-corrected chi connectivity index (χ1v) is 8.03. The molecule has 0 spiro atoms. The Morgan fingerprint density at radius 1 is 1.33 bits per heavy atom. The lowest BCUT2D eigenvalue weighted by Gasteiger charge is -2.23. The summed E-state index contributed by atoms with van der Waals surface area (Å²) < 4.78 is 3.07. The Bertz CT molecular complexity index is 742. The van der Waals surface area contributed by atoms with E-state index in [0.29, 0.717) is 6.04 Å². The summed E-state index contributed by atoms with van der Waals surface area (Å²) in [5.74, 6) is 0. The van der Waals surface area contributed by atoms with Crippen LogP contribution in [-0.2, 0) is 7.05 Å². The molecular weight excluding hydrogens is 282 g/mol. The van der Waals surface area contributed by atoms with Gasteiger partial charge in [-0.1, -0.05) is 17.4 Å². The third-order valence-corrected chi connectivity index (χ3v) is 5.25. The molecule has 0 saturated carbocycles. The third kappa shape index (κ3) is 2.01. The maximum atomic E-state index is 4.81. The van der Waals surface area contributed by atoms with Gasteiger partial charge in [-0.25, -0.2) is 9.67 Å². The maximum absolute atomic E-state index is 4.81. The van der Waals surface area contributed by atoms with Crippen LogP contribution in [0.15, 0.2) is 24.4 Å². The Morgan fingerprint density at radius 2 is 2.24 bits per heavy atom. The molecule has 6 heteroatoms. The van der Waals surface area contributed by atoms with E-state index >= 15 is 0 Å². The Balaban J connectivity index is 1.75. The van der Waals surface area contributed by atoms with E-state index in [1.54, 1.807) is 11.3 Å².